The van der Waals surface area contributed by atoms with Crippen LogP contribution in [0.3, 0.4) is 0 Å². The minimum Gasteiger partial charge on any atom is -0.0895 e. The molecule has 0 aromatic heterocycles. The first-order valence-corrected chi connectivity index (χ1v) is 3.01. The number of hydrogen-bond donors (Lipinski definition) is 0. The van der Waals surface area contributed by atoms with Gasteiger partial charge >= 0.3 is 0 Å². The van der Waals surface area contributed by atoms with E-state index in [9.17, 15) is 0 Å². The number of alkyl halides is 1. The van der Waals surface area contributed by atoms with E-state index in [-0.39, 0.29) is 0 Å². The van der Waals surface area contributed by atoms with Crippen molar-refractivity contribution < 1.29 is 0 Å². The molecule has 0 amide bonds. The van der Waals surface area contributed by atoms with Crippen molar-refractivity contribution >= 4 is 27.5 Å². The number of allylic oxidation sites excluding steroid dienone is 2. The quantitative estimate of drug-likeness (QED) is 0.527. The lowest BCUT2D eigenvalue weighted by molar-refractivity contribution is 1.76. The molecular formula is C4H5BrCl. The molecule has 0 heterocycles. The Labute approximate surface area is 51.3 Å². The first-order chi connectivity index (χ1) is 2.77. The summed E-state index contributed by atoms with van der Waals surface area (Å²) in [6.45, 7) is 3.42. The van der Waals surface area contributed by atoms with Gasteiger partial charge in [0.1, 0.15) is 0 Å². The molecule has 2 heteroatoms. The lowest BCUT2D eigenvalue weighted by Crippen LogP contribution is -1.59. The highest BCUT2D eigenvalue weighted by atomic mass is 79.9. The van der Waals surface area contributed by atoms with Gasteiger partial charge in [0.2, 0.25) is 0 Å². The van der Waals surface area contributed by atoms with Gasteiger partial charge in [-0.1, -0.05) is 33.6 Å². The minimum absolute atomic E-state index is 0.590. The summed E-state index contributed by atoms with van der Waals surface area (Å²) in [6.07, 6.45) is 1.78. The SMILES string of the molecule is [CH2]C(Cl)=CCBr. The molecule has 0 aliphatic heterocycles. The van der Waals surface area contributed by atoms with Crippen LogP contribution in [-0.4, -0.2) is 5.33 Å². The second-order valence-electron chi connectivity index (χ2n) is 0.805. The molecule has 35 valence electrons. The Morgan fingerprint density at radius 1 is 2.00 bits per heavy atom. The van der Waals surface area contributed by atoms with E-state index in [0.29, 0.717) is 5.03 Å². The monoisotopic (exact) mass is 167 g/mol. The van der Waals surface area contributed by atoms with E-state index < -0.39 is 0 Å². The molecule has 0 fully saturated rings. The molecule has 0 spiro atoms. The number of rotatable bonds is 1. The van der Waals surface area contributed by atoms with Crippen LogP contribution in [0.4, 0.5) is 0 Å². The smallest absolute Gasteiger partial charge is 0.0226 e. The third kappa shape index (κ3) is 4.51. The maximum absolute atomic E-state index is 5.30. The van der Waals surface area contributed by atoms with Crippen molar-refractivity contribution in [1.82, 2.24) is 0 Å². The van der Waals surface area contributed by atoms with E-state index in [2.05, 4.69) is 22.9 Å². The largest absolute Gasteiger partial charge is 0.0895 e. The normalized spacial score (nSPS) is 12.2. The Bertz CT molecular complexity index is 54.6. The molecule has 0 aromatic rings. The topological polar surface area (TPSA) is 0 Å². The van der Waals surface area contributed by atoms with Crippen LogP contribution in [0.5, 0.6) is 0 Å². The molecule has 0 saturated heterocycles. The van der Waals surface area contributed by atoms with Gasteiger partial charge in [-0.15, -0.1) is 0 Å². The molecule has 0 N–H and O–H groups in total. The molecule has 0 aliphatic carbocycles. The third-order valence-corrected chi connectivity index (χ3v) is 0.777. The molecule has 0 unspecified atom stereocenters. The summed E-state index contributed by atoms with van der Waals surface area (Å²) in [5.74, 6) is 0. The summed E-state index contributed by atoms with van der Waals surface area (Å²) in [6, 6.07) is 0. The molecule has 0 nitrogen and oxygen atoms in total. The molecule has 0 atom stereocenters. The molecule has 6 heavy (non-hydrogen) atoms. The fourth-order valence-electron chi connectivity index (χ4n) is 0.0837. The van der Waals surface area contributed by atoms with Crippen molar-refractivity contribution in [1.29, 1.82) is 0 Å². The van der Waals surface area contributed by atoms with E-state index in [1.165, 1.54) is 0 Å². The zero-order valence-electron chi connectivity index (χ0n) is 3.25. The van der Waals surface area contributed by atoms with E-state index in [0.717, 1.165) is 5.33 Å². The maximum Gasteiger partial charge on any atom is 0.0226 e. The first kappa shape index (κ1) is 6.51. The van der Waals surface area contributed by atoms with Crippen molar-refractivity contribution in [3.63, 3.8) is 0 Å². The highest BCUT2D eigenvalue weighted by Crippen LogP contribution is 1.97. The summed E-state index contributed by atoms with van der Waals surface area (Å²) in [4.78, 5) is 0. The molecule has 0 aromatic carbocycles. The van der Waals surface area contributed by atoms with Gasteiger partial charge in [-0.2, -0.15) is 0 Å². The number of hydrogen-bond acceptors (Lipinski definition) is 0. The van der Waals surface area contributed by atoms with Gasteiger partial charge in [0, 0.05) is 10.4 Å². The Kier molecular flexibility index (Phi) is 4.01. The Hall–Kier alpha value is 0.510. The fourth-order valence-corrected chi connectivity index (χ4v) is 0.738. The standard InChI is InChI=1S/C4H5BrCl/c1-4(6)2-3-5/h2H,1,3H2. The van der Waals surface area contributed by atoms with Gasteiger partial charge in [0.05, 0.1) is 0 Å². The van der Waals surface area contributed by atoms with Crippen LogP contribution in [0.15, 0.2) is 11.1 Å². The van der Waals surface area contributed by atoms with Crippen molar-refractivity contribution in [3.05, 3.63) is 18.0 Å². The summed E-state index contributed by atoms with van der Waals surface area (Å²) in [7, 11) is 0. The summed E-state index contributed by atoms with van der Waals surface area (Å²) >= 11 is 8.45. The van der Waals surface area contributed by atoms with Gasteiger partial charge in [0.15, 0.2) is 0 Å². The first-order valence-electron chi connectivity index (χ1n) is 1.51. The Morgan fingerprint density at radius 2 is 2.50 bits per heavy atom. The second kappa shape index (κ2) is 3.69. The van der Waals surface area contributed by atoms with Gasteiger partial charge < -0.3 is 0 Å². The summed E-state index contributed by atoms with van der Waals surface area (Å²) < 4.78 is 0. The van der Waals surface area contributed by atoms with Crippen LogP contribution in [0.2, 0.25) is 0 Å². The summed E-state index contributed by atoms with van der Waals surface area (Å²) in [5, 5.41) is 1.38. The predicted octanol–water partition coefficient (Wildman–Crippen LogP) is 2.34. The molecule has 0 bridgehead atoms. The van der Waals surface area contributed by atoms with Crippen LogP contribution >= 0.6 is 27.5 Å². The van der Waals surface area contributed by atoms with Gasteiger partial charge in [-0.3, -0.25) is 0 Å². The molecule has 0 aliphatic rings. The van der Waals surface area contributed by atoms with Crippen molar-refractivity contribution in [2.24, 2.45) is 0 Å². The van der Waals surface area contributed by atoms with Gasteiger partial charge in [0.25, 0.3) is 0 Å². The van der Waals surface area contributed by atoms with Crippen LogP contribution in [0.25, 0.3) is 0 Å². The molecule has 1 radical (unpaired) electrons. The predicted molar refractivity (Wildman–Crippen MR) is 33.1 cm³/mol. The Morgan fingerprint density at radius 3 is 2.50 bits per heavy atom. The average Bonchev–Trinajstić information content (AvgIpc) is 1.35. The van der Waals surface area contributed by atoms with Crippen LogP contribution in [0, 0.1) is 6.92 Å². The highest BCUT2D eigenvalue weighted by Gasteiger charge is 1.71. The van der Waals surface area contributed by atoms with Gasteiger partial charge in [-0.05, 0) is 6.92 Å². The van der Waals surface area contributed by atoms with Crippen molar-refractivity contribution in [3.8, 4) is 0 Å². The van der Waals surface area contributed by atoms with Crippen LogP contribution < -0.4 is 0 Å². The maximum atomic E-state index is 5.30. The molecule has 0 rings (SSSR count). The minimum atomic E-state index is 0.590. The second-order valence-corrected chi connectivity index (χ2v) is 1.94. The van der Waals surface area contributed by atoms with E-state index in [1.807, 2.05) is 0 Å². The summed E-state index contributed by atoms with van der Waals surface area (Å²) in [5.41, 5.74) is 0. The third-order valence-electron chi connectivity index (χ3n) is 0.299. The molecular weight excluding hydrogens is 163 g/mol. The van der Waals surface area contributed by atoms with Crippen molar-refractivity contribution in [2.45, 2.75) is 0 Å². The average molecular weight is 168 g/mol. The lowest BCUT2D eigenvalue weighted by Gasteiger charge is -1.75. The highest BCUT2D eigenvalue weighted by molar-refractivity contribution is 9.09. The van der Waals surface area contributed by atoms with E-state index >= 15 is 0 Å². The Balaban J connectivity index is 3.14. The van der Waals surface area contributed by atoms with E-state index in [4.69, 9.17) is 11.6 Å². The van der Waals surface area contributed by atoms with Crippen LogP contribution in [0.1, 0.15) is 0 Å². The fraction of sp³-hybridized carbons (Fsp3) is 0.250. The van der Waals surface area contributed by atoms with E-state index in [1.54, 1.807) is 6.08 Å². The van der Waals surface area contributed by atoms with Crippen LogP contribution in [-0.2, 0) is 0 Å². The zero-order chi connectivity index (χ0) is 4.99. The zero-order valence-corrected chi connectivity index (χ0v) is 5.59. The lowest BCUT2D eigenvalue weighted by atomic mass is 10.6. The number of halogens is 2. The molecule has 0 saturated carbocycles. The van der Waals surface area contributed by atoms with Crippen molar-refractivity contribution in [2.75, 3.05) is 5.33 Å². The van der Waals surface area contributed by atoms with Gasteiger partial charge in [-0.25, -0.2) is 0 Å².